The summed E-state index contributed by atoms with van der Waals surface area (Å²) < 4.78 is 5.77. The number of benzene rings is 3. The number of pyridine rings is 1. The molecule has 0 aliphatic heterocycles. The second-order valence-electron chi connectivity index (χ2n) is 6.76. The maximum Gasteiger partial charge on any atom is 0.337 e. The van der Waals surface area contributed by atoms with Gasteiger partial charge in [-0.25, -0.2) is 9.78 Å². The molecule has 0 saturated heterocycles. The van der Waals surface area contributed by atoms with E-state index in [1.165, 1.54) is 18.2 Å². The van der Waals surface area contributed by atoms with Crippen molar-refractivity contribution in [3.8, 4) is 5.75 Å². The van der Waals surface area contributed by atoms with Crippen LogP contribution in [0.4, 0.5) is 5.69 Å². The standard InChI is InChI=1S/C24H17ClN2O4.Na/c25-17-8-12-22(20(13-17)24(29)30)27-23(28)16-6-10-19(11-7-16)31-14-18-9-5-15-3-1-2-4-21(15)26-18;/h1-13H,14H2,(H,27,28)(H,29,30);. The molecule has 0 bridgehead atoms. The number of nitrogens with one attached hydrogen (secondary N) is 1. The monoisotopic (exact) mass is 455 g/mol. The Balaban J connectivity index is 0.00000289. The quantitative estimate of drug-likeness (QED) is 0.398. The van der Waals surface area contributed by atoms with Crippen molar-refractivity contribution in [1.82, 2.24) is 4.98 Å². The second kappa shape index (κ2) is 10.6. The van der Waals surface area contributed by atoms with Crippen molar-refractivity contribution in [2.75, 3.05) is 5.32 Å². The fourth-order valence-corrected chi connectivity index (χ4v) is 3.22. The Kier molecular flexibility index (Phi) is 7.88. The number of halogens is 1. The average Bonchev–Trinajstić information content (AvgIpc) is 2.79. The van der Waals surface area contributed by atoms with E-state index in [2.05, 4.69) is 10.3 Å². The molecule has 1 heterocycles. The molecule has 32 heavy (non-hydrogen) atoms. The molecule has 4 aromatic rings. The van der Waals surface area contributed by atoms with Crippen LogP contribution in [0.2, 0.25) is 5.02 Å². The van der Waals surface area contributed by atoms with Crippen LogP contribution in [-0.2, 0) is 6.61 Å². The number of ether oxygens (including phenoxy) is 1. The van der Waals surface area contributed by atoms with Crippen LogP contribution in [0.1, 0.15) is 26.4 Å². The molecule has 0 atom stereocenters. The minimum atomic E-state index is -1.18. The zero-order valence-electron chi connectivity index (χ0n) is 17.2. The molecule has 3 aromatic carbocycles. The first-order chi connectivity index (χ1) is 15.0. The van der Waals surface area contributed by atoms with Gasteiger partial charge in [-0.15, -0.1) is 0 Å². The third-order valence-corrected chi connectivity index (χ3v) is 4.85. The van der Waals surface area contributed by atoms with Crippen molar-refractivity contribution < 1.29 is 19.4 Å². The number of fused-ring (bicyclic) bond motifs is 1. The molecule has 1 aromatic heterocycles. The first-order valence-corrected chi connectivity index (χ1v) is 9.79. The summed E-state index contributed by atoms with van der Waals surface area (Å²) in [4.78, 5) is 28.4. The number of carbonyl (C=O) groups excluding carboxylic acids is 1. The maximum atomic E-state index is 12.5. The number of para-hydroxylation sites is 1. The van der Waals surface area contributed by atoms with E-state index in [1.807, 2.05) is 36.4 Å². The second-order valence-corrected chi connectivity index (χ2v) is 7.19. The molecule has 0 aliphatic carbocycles. The van der Waals surface area contributed by atoms with Crippen molar-refractivity contribution in [2.45, 2.75) is 6.61 Å². The molecule has 6 nitrogen and oxygen atoms in total. The van der Waals surface area contributed by atoms with Crippen LogP contribution in [0.15, 0.2) is 78.9 Å². The van der Waals surface area contributed by atoms with Crippen molar-refractivity contribution >= 4 is 69.6 Å². The molecule has 2 N–H and O–H groups in total. The van der Waals surface area contributed by atoms with Gasteiger partial charge in [0.2, 0.25) is 0 Å². The number of anilines is 1. The molecular formula is C24H17ClN2NaO4. The van der Waals surface area contributed by atoms with Gasteiger partial charge in [-0.05, 0) is 54.6 Å². The molecule has 4 rings (SSSR count). The fraction of sp³-hybridized carbons (Fsp3) is 0.0417. The predicted molar refractivity (Wildman–Crippen MR) is 125 cm³/mol. The first-order valence-electron chi connectivity index (χ1n) is 9.41. The van der Waals surface area contributed by atoms with Gasteiger partial charge in [0.1, 0.15) is 12.4 Å². The van der Waals surface area contributed by atoms with E-state index in [0.717, 1.165) is 16.6 Å². The summed E-state index contributed by atoms with van der Waals surface area (Å²) in [5, 5.41) is 13.2. The smallest absolute Gasteiger partial charge is 0.337 e. The van der Waals surface area contributed by atoms with Crippen molar-refractivity contribution in [1.29, 1.82) is 0 Å². The SMILES string of the molecule is O=C(Nc1ccc(Cl)cc1C(=O)O)c1ccc(OCc2ccc3ccccc3n2)cc1.[Na]. The van der Waals surface area contributed by atoms with Gasteiger partial charge >= 0.3 is 5.97 Å². The Morgan fingerprint density at radius 2 is 1.72 bits per heavy atom. The largest absolute Gasteiger partial charge is 0.487 e. The summed E-state index contributed by atoms with van der Waals surface area (Å²) in [6.45, 7) is 0.295. The Labute approximate surface area is 211 Å². The van der Waals surface area contributed by atoms with Gasteiger partial charge in [-0.2, -0.15) is 0 Å². The minimum Gasteiger partial charge on any atom is -0.487 e. The van der Waals surface area contributed by atoms with E-state index in [0.29, 0.717) is 17.9 Å². The van der Waals surface area contributed by atoms with E-state index in [-0.39, 0.29) is 45.8 Å². The number of hydrogen-bond acceptors (Lipinski definition) is 4. The van der Waals surface area contributed by atoms with Gasteiger partial charge in [0.05, 0.1) is 22.5 Å². The summed E-state index contributed by atoms with van der Waals surface area (Å²) in [7, 11) is 0. The molecule has 0 unspecified atom stereocenters. The third-order valence-electron chi connectivity index (χ3n) is 4.62. The van der Waals surface area contributed by atoms with Gasteiger partial charge in [0.25, 0.3) is 5.91 Å². The van der Waals surface area contributed by atoms with E-state index >= 15 is 0 Å². The van der Waals surface area contributed by atoms with Crippen molar-refractivity contribution in [3.05, 3.63) is 101 Å². The Morgan fingerprint density at radius 3 is 2.47 bits per heavy atom. The molecule has 0 aliphatic rings. The zero-order valence-corrected chi connectivity index (χ0v) is 20.0. The number of rotatable bonds is 6. The van der Waals surface area contributed by atoms with Crippen LogP contribution < -0.4 is 10.1 Å². The van der Waals surface area contributed by atoms with Crippen LogP contribution in [0.5, 0.6) is 5.75 Å². The molecule has 1 amide bonds. The van der Waals surface area contributed by atoms with Crippen molar-refractivity contribution in [2.24, 2.45) is 0 Å². The number of aromatic nitrogens is 1. The number of carbonyl (C=O) groups is 2. The molecule has 1 radical (unpaired) electrons. The van der Waals surface area contributed by atoms with E-state index in [1.54, 1.807) is 24.3 Å². The fourth-order valence-electron chi connectivity index (χ4n) is 3.05. The number of nitrogens with zero attached hydrogens (tertiary/aromatic N) is 1. The molecule has 0 fully saturated rings. The molecule has 0 spiro atoms. The number of carboxylic acids is 1. The topological polar surface area (TPSA) is 88.5 Å². The average molecular weight is 456 g/mol. The van der Waals surface area contributed by atoms with Crippen LogP contribution >= 0.6 is 11.6 Å². The van der Waals surface area contributed by atoms with Gasteiger partial charge in [0, 0.05) is 45.5 Å². The van der Waals surface area contributed by atoms with Gasteiger partial charge in [0.15, 0.2) is 0 Å². The van der Waals surface area contributed by atoms with Gasteiger partial charge in [-0.3, -0.25) is 4.79 Å². The summed E-state index contributed by atoms with van der Waals surface area (Å²) in [5.74, 6) is -1.03. The number of carboxylic acid groups (broad SMARTS) is 1. The Bertz CT molecular complexity index is 1280. The maximum absolute atomic E-state index is 12.5. The van der Waals surface area contributed by atoms with Crippen LogP contribution in [-0.4, -0.2) is 51.5 Å². The van der Waals surface area contributed by atoms with E-state index in [4.69, 9.17) is 16.3 Å². The van der Waals surface area contributed by atoms with E-state index in [9.17, 15) is 14.7 Å². The zero-order chi connectivity index (χ0) is 21.8. The molecular weight excluding hydrogens is 439 g/mol. The van der Waals surface area contributed by atoms with Crippen LogP contribution in [0.25, 0.3) is 10.9 Å². The van der Waals surface area contributed by atoms with E-state index < -0.39 is 11.9 Å². The summed E-state index contributed by atoms with van der Waals surface area (Å²) >= 11 is 5.84. The van der Waals surface area contributed by atoms with Gasteiger partial charge in [-0.1, -0.05) is 35.9 Å². The number of amides is 1. The molecule has 0 saturated carbocycles. The summed E-state index contributed by atoms with van der Waals surface area (Å²) in [6, 6.07) is 22.6. The molecule has 8 heteroatoms. The third kappa shape index (κ3) is 5.66. The van der Waals surface area contributed by atoms with Gasteiger partial charge < -0.3 is 15.2 Å². The Morgan fingerprint density at radius 1 is 0.969 bits per heavy atom. The number of hydrogen-bond donors (Lipinski definition) is 2. The van der Waals surface area contributed by atoms with Crippen molar-refractivity contribution in [3.63, 3.8) is 0 Å². The normalized spacial score (nSPS) is 10.3. The minimum absolute atomic E-state index is 0. The summed E-state index contributed by atoms with van der Waals surface area (Å²) in [6.07, 6.45) is 0. The summed E-state index contributed by atoms with van der Waals surface area (Å²) in [5.41, 5.74) is 2.15. The number of aromatic carboxylic acids is 1. The van der Waals surface area contributed by atoms with Crippen LogP contribution in [0.3, 0.4) is 0 Å². The Hall–Kier alpha value is -2.90. The van der Waals surface area contributed by atoms with Crippen LogP contribution in [0, 0.1) is 0 Å². The first kappa shape index (κ1) is 23.8. The predicted octanol–water partition coefficient (Wildman–Crippen LogP) is 5.04. The molecule has 155 valence electrons.